The van der Waals surface area contributed by atoms with E-state index in [-0.39, 0.29) is 11.7 Å². The first-order valence-electron chi connectivity index (χ1n) is 5.86. The predicted molar refractivity (Wildman–Crippen MR) is 73.7 cm³/mol. The fraction of sp³-hybridized carbons (Fsp3) is 0.308. The maximum absolute atomic E-state index is 12.1. The van der Waals surface area contributed by atoms with Crippen LogP contribution in [0.2, 0.25) is 0 Å². The molecule has 1 aliphatic heterocycles. The van der Waals surface area contributed by atoms with Gasteiger partial charge in [-0.1, -0.05) is 13.0 Å². The lowest BCUT2D eigenvalue weighted by Gasteiger charge is -2.25. The average Bonchev–Trinajstić information content (AvgIpc) is 2.67. The van der Waals surface area contributed by atoms with E-state index < -0.39 is 4.75 Å². The van der Waals surface area contributed by atoms with Crippen molar-refractivity contribution in [2.75, 3.05) is 0 Å². The summed E-state index contributed by atoms with van der Waals surface area (Å²) in [5, 5.41) is 1.76. The van der Waals surface area contributed by atoms with Crippen LogP contribution in [0.25, 0.3) is 6.08 Å². The quantitative estimate of drug-likeness (QED) is 0.710. The zero-order valence-electron chi connectivity index (χ0n) is 9.97. The van der Waals surface area contributed by atoms with Crippen LogP contribution in [0.1, 0.15) is 18.9 Å². The highest BCUT2D eigenvalue weighted by atomic mass is 32.1. The van der Waals surface area contributed by atoms with E-state index in [2.05, 4.69) is 22.6 Å². The van der Waals surface area contributed by atoms with E-state index in [9.17, 15) is 4.79 Å². The average molecular weight is 259 g/mol. The van der Waals surface area contributed by atoms with Gasteiger partial charge >= 0.3 is 0 Å². The third-order valence-electron chi connectivity index (χ3n) is 3.47. The van der Waals surface area contributed by atoms with Gasteiger partial charge in [-0.15, -0.1) is 0 Å². The minimum absolute atomic E-state index is 0.132. The van der Waals surface area contributed by atoms with Crippen LogP contribution >= 0.6 is 12.6 Å². The molecule has 2 N–H and O–H groups in total. The second-order valence-corrected chi connectivity index (χ2v) is 5.44. The minimum atomic E-state index is -0.660. The Balaban J connectivity index is 2.26. The Labute approximate surface area is 110 Å². The number of hydrogen-bond acceptors (Lipinski definition) is 5. The van der Waals surface area contributed by atoms with Gasteiger partial charge in [-0.3, -0.25) is 4.79 Å². The fourth-order valence-electron chi connectivity index (χ4n) is 2.34. The van der Waals surface area contributed by atoms with E-state index in [0.29, 0.717) is 12.8 Å². The molecule has 0 amide bonds. The number of Topliss-reactive ketones (excluding diaryl/α,β-unsaturated/α-hetero) is 1. The van der Waals surface area contributed by atoms with Crippen molar-refractivity contribution in [3.8, 4) is 0 Å². The number of fused-ring (bicyclic) bond motifs is 2. The van der Waals surface area contributed by atoms with Crippen LogP contribution in [0.3, 0.4) is 0 Å². The number of thiol groups is 1. The molecule has 92 valence electrons. The molecule has 5 heteroatoms. The van der Waals surface area contributed by atoms with Crippen molar-refractivity contribution in [2.45, 2.75) is 24.5 Å². The third-order valence-corrected chi connectivity index (χ3v) is 4.17. The van der Waals surface area contributed by atoms with E-state index in [1.165, 1.54) is 0 Å². The molecule has 1 unspecified atom stereocenters. The summed E-state index contributed by atoms with van der Waals surface area (Å²) < 4.78 is -0.660. The Morgan fingerprint density at radius 3 is 2.94 bits per heavy atom. The number of carbonyl (C=O) groups excluding carboxylic acids is 1. The van der Waals surface area contributed by atoms with Crippen molar-refractivity contribution >= 4 is 36.1 Å². The number of nitrogens with zero attached hydrogens (tertiary/aromatic N) is 2. The molecule has 1 aromatic rings. The van der Waals surface area contributed by atoms with Crippen molar-refractivity contribution in [2.24, 2.45) is 15.7 Å². The van der Waals surface area contributed by atoms with Crippen molar-refractivity contribution in [3.63, 3.8) is 0 Å². The lowest BCUT2D eigenvalue weighted by Crippen LogP contribution is -2.39. The van der Waals surface area contributed by atoms with Crippen molar-refractivity contribution in [3.05, 3.63) is 28.3 Å². The maximum Gasteiger partial charge on any atom is 0.221 e. The van der Waals surface area contributed by atoms with Gasteiger partial charge in [0.15, 0.2) is 5.78 Å². The number of ketones is 1. The molecular weight excluding hydrogens is 246 g/mol. The van der Waals surface area contributed by atoms with Gasteiger partial charge in [0.05, 0.1) is 15.8 Å². The van der Waals surface area contributed by atoms with Crippen molar-refractivity contribution < 1.29 is 4.79 Å². The SMILES string of the molecule is CCC1(S)C=c2cc3c(cc2CC1=O)=NC(N)=N3. The first kappa shape index (κ1) is 11.5. The lowest BCUT2D eigenvalue weighted by molar-refractivity contribution is -0.119. The highest BCUT2D eigenvalue weighted by molar-refractivity contribution is 7.83. The van der Waals surface area contributed by atoms with Gasteiger partial charge in [0, 0.05) is 6.42 Å². The van der Waals surface area contributed by atoms with Crippen LogP contribution in [0.15, 0.2) is 22.1 Å². The highest BCUT2D eigenvalue weighted by Crippen LogP contribution is 2.27. The van der Waals surface area contributed by atoms with Crippen molar-refractivity contribution in [1.82, 2.24) is 0 Å². The van der Waals surface area contributed by atoms with Crippen LogP contribution in [0.5, 0.6) is 0 Å². The molecule has 1 heterocycles. The van der Waals surface area contributed by atoms with Gasteiger partial charge in [0.25, 0.3) is 0 Å². The zero-order valence-corrected chi connectivity index (χ0v) is 10.9. The summed E-state index contributed by atoms with van der Waals surface area (Å²) in [6.07, 6.45) is 2.99. The molecule has 0 fully saturated rings. The Hall–Kier alpha value is -1.62. The molecule has 0 spiro atoms. The van der Waals surface area contributed by atoms with Gasteiger partial charge in [0.1, 0.15) is 0 Å². The normalized spacial score (nSPS) is 24.8. The number of nitrogens with two attached hydrogens (primary N) is 1. The monoisotopic (exact) mass is 259 g/mol. The van der Waals surface area contributed by atoms with E-state index >= 15 is 0 Å². The molecule has 0 radical (unpaired) electrons. The number of rotatable bonds is 1. The number of benzene rings is 1. The van der Waals surface area contributed by atoms with E-state index in [1.807, 2.05) is 25.1 Å². The van der Waals surface area contributed by atoms with Crippen LogP contribution in [0.4, 0.5) is 5.69 Å². The number of aliphatic imine (C=N–C) groups is 1. The van der Waals surface area contributed by atoms with Gasteiger partial charge < -0.3 is 5.73 Å². The van der Waals surface area contributed by atoms with Gasteiger partial charge in [0.2, 0.25) is 5.96 Å². The fourth-order valence-corrected chi connectivity index (χ4v) is 2.56. The lowest BCUT2D eigenvalue weighted by atomic mass is 9.87. The maximum atomic E-state index is 12.1. The molecule has 0 aromatic heterocycles. The number of hydrogen-bond donors (Lipinski definition) is 2. The summed E-state index contributed by atoms with van der Waals surface area (Å²) in [4.78, 5) is 20.4. The molecule has 0 saturated heterocycles. The Kier molecular flexibility index (Phi) is 2.35. The van der Waals surface area contributed by atoms with E-state index in [0.717, 1.165) is 21.8 Å². The number of carbonyl (C=O) groups is 1. The van der Waals surface area contributed by atoms with Gasteiger partial charge in [-0.05, 0) is 29.3 Å². The first-order chi connectivity index (χ1) is 8.51. The predicted octanol–water partition coefficient (Wildman–Crippen LogP) is 0.250. The summed E-state index contributed by atoms with van der Waals surface area (Å²) in [6, 6.07) is 3.83. The Bertz CT molecular complexity index is 708. The number of guanidine groups is 1. The summed E-state index contributed by atoms with van der Waals surface area (Å²) >= 11 is 4.50. The first-order valence-corrected chi connectivity index (χ1v) is 6.31. The second-order valence-electron chi connectivity index (χ2n) is 4.64. The van der Waals surface area contributed by atoms with Crippen molar-refractivity contribution in [1.29, 1.82) is 0 Å². The molecule has 1 aromatic carbocycles. The molecule has 1 aliphatic carbocycles. The summed E-state index contributed by atoms with van der Waals surface area (Å²) in [6.45, 7) is 1.96. The largest absolute Gasteiger partial charge is 0.368 e. The molecule has 1 atom stereocenters. The molecule has 4 nitrogen and oxygen atoms in total. The molecule has 0 saturated carbocycles. The second kappa shape index (κ2) is 3.68. The molecular formula is C13H13N3OS. The molecule has 18 heavy (non-hydrogen) atoms. The standard InChI is InChI=1S/C13H13N3OS/c1-2-13(18)6-8-4-10-9(15-12(14)16-10)3-7(8)5-11(13)17/h3-4,6,18H,2,5H2,1H3,(H2,14,16). The van der Waals surface area contributed by atoms with E-state index in [1.54, 1.807) is 0 Å². The molecule has 2 aliphatic rings. The minimum Gasteiger partial charge on any atom is -0.368 e. The van der Waals surface area contributed by atoms with Gasteiger partial charge in [-0.25, -0.2) is 9.98 Å². The third kappa shape index (κ3) is 1.58. The highest BCUT2D eigenvalue weighted by Gasteiger charge is 2.33. The summed E-state index contributed by atoms with van der Waals surface area (Å²) in [7, 11) is 0. The van der Waals surface area contributed by atoms with Crippen LogP contribution in [-0.2, 0) is 11.2 Å². The van der Waals surface area contributed by atoms with Crippen LogP contribution < -0.4 is 16.3 Å². The molecule has 3 rings (SSSR count). The van der Waals surface area contributed by atoms with E-state index in [4.69, 9.17) is 5.73 Å². The summed E-state index contributed by atoms with van der Waals surface area (Å²) in [5.74, 6) is 0.402. The Morgan fingerprint density at radius 1 is 1.44 bits per heavy atom. The van der Waals surface area contributed by atoms with Crippen LogP contribution in [0, 0.1) is 0 Å². The molecule has 0 bridgehead atoms. The topological polar surface area (TPSA) is 67.8 Å². The zero-order chi connectivity index (χ0) is 12.9. The summed E-state index contributed by atoms with van der Waals surface area (Å²) in [5.41, 5.74) is 7.33. The van der Waals surface area contributed by atoms with Crippen LogP contribution in [-0.4, -0.2) is 16.5 Å². The smallest absolute Gasteiger partial charge is 0.221 e. The Morgan fingerprint density at radius 2 is 2.22 bits per heavy atom. The van der Waals surface area contributed by atoms with Gasteiger partial charge in [-0.2, -0.15) is 12.6 Å².